The zero-order valence-electron chi connectivity index (χ0n) is 13.3. The van der Waals surface area contributed by atoms with Crippen LogP contribution in [0.3, 0.4) is 0 Å². The number of furan rings is 1. The fourth-order valence-corrected chi connectivity index (χ4v) is 2.22. The van der Waals surface area contributed by atoms with Gasteiger partial charge in [-0.2, -0.15) is 0 Å². The molecule has 1 rings (SSSR count). The molecule has 1 heterocycles. The maximum absolute atomic E-state index is 5.59. The molecule has 1 aromatic heterocycles. The van der Waals surface area contributed by atoms with Crippen molar-refractivity contribution < 1.29 is 4.42 Å². The molecule has 0 aliphatic carbocycles. The van der Waals surface area contributed by atoms with E-state index in [1.54, 1.807) is 13.3 Å². The quantitative estimate of drug-likeness (QED) is 0.594. The molecule has 0 saturated carbocycles. The summed E-state index contributed by atoms with van der Waals surface area (Å²) in [6.07, 6.45) is 1.73. The fourth-order valence-electron chi connectivity index (χ4n) is 2.22. The lowest BCUT2D eigenvalue weighted by atomic mass is 10.2. The maximum Gasteiger partial charge on any atom is 0.191 e. The number of hydrogen-bond donors (Lipinski definition) is 2. The molecule has 2 N–H and O–H groups in total. The number of likely N-dealkylation sites (N-methyl/N-ethyl adjacent to an activating group) is 1. The van der Waals surface area contributed by atoms with Gasteiger partial charge in [-0.25, -0.2) is 0 Å². The second kappa shape index (κ2) is 8.64. The van der Waals surface area contributed by atoms with Gasteiger partial charge in [-0.3, -0.25) is 9.89 Å². The highest BCUT2D eigenvalue weighted by molar-refractivity contribution is 5.79. The molecule has 0 aliphatic heterocycles. The zero-order chi connectivity index (χ0) is 15.0. The Hall–Kier alpha value is -1.49. The van der Waals surface area contributed by atoms with E-state index in [0.717, 1.165) is 31.4 Å². The molecule has 5 nitrogen and oxygen atoms in total. The van der Waals surface area contributed by atoms with Crippen molar-refractivity contribution in [3.8, 4) is 0 Å². The van der Waals surface area contributed by atoms with Crippen molar-refractivity contribution in [3.05, 3.63) is 24.2 Å². The van der Waals surface area contributed by atoms with Crippen LogP contribution in [0.4, 0.5) is 0 Å². The number of nitrogens with one attached hydrogen (secondary N) is 2. The molecule has 1 aromatic rings. The predicted octanol–water partition coefficient (Wildman–Crippen LogP) is 2.24. The first-order valence-electron chi connectivity index (χ1n) is 7.36. The van der Waals surface area contributed by atoms with E-state index in [0.29, 0.717) is 6.04 Å². The summed E-state index contributed by atoms with van der Waals surface area (Å²) >= 11 is 0. The number of nitrogens with zero attached hydrogens (tertiary/aromatic N) is 2. The van der Waals surface area contributed by atoms with E-state index in [4.69, 9.17) is 4.42 Å². The molecule has 20 heavy (non-hydrogen) atoms. The Kier molecular flexibility index (Phi) is 7.15. The first kappa shape index (κ1) is 16.6. The smallest absolute Gasteiger partial charge is 0.191 e. The van der Waals surface area contributed by atoms with Gasteiger partial charge in [0.2, 0.25) is 0 Å². The Bertz CT molecular complexity index is 383. The van der Waals surface area contributed by atoms with Crippen molar-refractivity contribution in [3.63, 3.8) is 0 Å². The minimum Gasteiger partial charge on any atom is -0.468 e. The van der Waals surface area contributed by atoms with Crippen LogP contribution in [0.15, 0.2) is 27.8 Å². The summed E-state index contributed by atoms with van der Waals surface area (Å²) in [5, 5.41) is 6.67. The maximum atomic E-state index is 5.59. The standard InChI is InChI=1S/C15H28N4O/c1-6-19(7-2)13(14-9-8-10-20-14)11-17-15(16-5)18-12(3)4/h8-10,12-13H,6-7,11H2,1-5H3,(H2,16,17,18). The molecular formula is C15H28N4O. The molecule has 0 aromatic carbocycles. The molecule has 0 saturated heterocycles. The molecule has 0 radical (unpaired) electrons. The molecule has 1 atom stereocenters. The van der Waals surface area contributed by atoms with Crippen molar-refractivity contribution in [2.24, 2.45) is 4.99 Å². The first-order valence-corrected chi connectivity index (χ1v) is 7.36. The summed E-state index contributed by atoms with van der Waals surface area (Å²) in [5.41, 5.74) is 0. The second-order valence-electron chi connectivity index (χ2n) is 5.00. The van der Waals surface area contributed by atoms with Crippen LogP contribution in [0, 0.1) is 0 Å². The van der Waals surface area contributed by atoms with Crippen LogP contribution >= 0.6 is 0 Å². The van der Waals surface area contributed by atoms with Crippen LogP contribution in [0.2, 0.25) is 0 Å². The van der Waals surface area contributed by atoms with Crippen molar-refractivity contribution >= 4 is 5.96 Å². The zero-order valence-corrected chi connectivity index (χ0v) is 13.3. The lowest BCUT2D eigenvalue weighted by molar-refractivity contribution is 0.193. The Morgan fingerprint density at radius 1 is 1.35 bits per heavy atom. The first-order chi connectivity index (χ1) is 9.62. The lowest BCUT2D eigenvalue weighted by Crippen LogP contribution is -2.45. The largest absolute Gasteiger partial charge is 0.468 e. The van der Waals surface area contributed by atoms with E-state index in [9.17, 15) is 0 Å². The molecular weight excluding hydrogens is 252 g/mol. The molecule has 0 fully saturated rings. The average Bonchev–Trinajstić information content (AvgIpc) is 2.95. The fraction of sp³-hybridized carbons (Fsp3) is 0.667. The normalized spacial score (nSPS) is 13.8. The highest BCUT2D eigenvalue weighted by Crippen LogP contribution is 2.20. The molecule has 0 spiro atoms. The third-order valence-electron chi connectivity index (χ3n) is 3.24. The third-order valence-corrected chi connectivity index (χ3v) is 3.24. The van der Waals surface area contributed by atoms with E-state index < -0.39 is 0 Å². The van der Waals surface area contributed by atoms with Gasteiger partial charge in [-0.05, 0) is 39.1 Å². The van der Waals surface area contributed by atoms with E-state index in [1.807, 2.05) is 12.1 Å². The van der Waals surface area contributed by atoms with Gasteiger partial charge in [0.25, 0.3) is 0 Å². The average molecular weight is 280 g/mol. The molecule has 1 unspecified atom stereocenters. The number of hydrogen-bond acceptors (Lipinski definition) is 3. The van der Waals surface area contributed by atoms with E-state index in [-0.39, 0.29) is 6.04 Å². The number of aliphatic imine (C=N–C) groups is 1. The minimum absolute atomic E-state index is 0.214. The van der Waals surface area contributed by atoms with Crippen LogP contribution in [-0.2, 0) is 0 Å². The van der Waals surface area contributed by atoms with Gasteiger partial charge in [0.05, 0.1) is 12.3 Å². The van der Waals surface area contributed by atoms with E-state index in [2.05, 4.69) is 48.2 Å². The van der Waals surface area contributed by atoms with E-state index >= 15 is 0 Å². The summed E-state index contributed by atoms with van der Waals surface area (Å²) in [7, 11) is 1.79. The van der Waals surface area contributed by atoms with Gasteiger partial charge in [-0.15, -0.1) is 0 Å². The van der Waals surface area contributed by atoms with Crippen LogP contribution in [0.1, 0.15) is 39.5 Å². The highest BCUT2D eigenvalue weighted by atomic mass is 16.3. The van der Waals surface area contributed by atoms with Gasteiger partial charge in [-0.1, -0.05) is 13.8 Å². The van der Waals surface area contributed by atoms with Crippen molar-refractivity contribution in [2.75, 3.05) is 26.7 Å². The summed E-state index contributed by atoms with van der Waals surface area (Å²) in [6.45, 7) is 11.3. The number of guanidine groups is 1. The Morgan fingerprint density at radius 2 is 2.05 bits per heavy atom. The summed E-state index contributed by atoms with van der Waals surface area (Å²) < 4.78 is 5.59. The summed E-state index contributed by atoms with van der Waals surface area (Å²) in [5.74, 6) is 1.81. The summed E-state index contributed by atoms with van der Waals surface area (Å²) in [6, 6.07) is 4.54. The van der Waals surface area contributed by atoms with Crippen LogP contribution in [0.25, 0.3) is 0 Å². The number of rotatable bonds is 7. The minimum atomic E-state index is 0.214. The summed E-state index contributed by atoms with van der Waals surface area (Å²) in [4.78, 5) is 6.61. The third kappa shape index (κ3) is 4.89. The van der Waals surface area contributed by atoms with Gasteiger partial charge >= 0.3 is 0 Å². The molecule has 0 amide bonds. The Morgan fingerprint density at radius 3 is 2.50 bits per heavy atom. The highest BCUT2D eigenvalue weighted by Gasteiger charge is 2.20. The second-order valence-corrected chi connectivity index (χ2v) is 5.00. The van der Waals surface area contributed by atoms with Crippen molar-refractivity contribution in [2.45, 2.75) is 39.8 Å². The Balaban J connectivity index is 2.70. The van der Waals surface area contributed by atoms with E-state index in [1.165, 1.54) is 0 Å². The van der Waals surface area contributed by atoms with Crippen molar-refractivity contribution in [1.29, 1.82) is 0 Å². The Labute approximate surface area is 122 Å². The molecule has 0 aliphatic rings. The molecule has 5 heteroatoms. The predicted molar refractivity (Wildman–Crippen MR) is 84.0 cm³/mol. The molecule has 0 bridgehead atoms. The lowest BCUT2D eigenvalue weighted by Gasteiger charge is -2.29. The van der Waals surface area contributed by atoms with Gasteiger partial charge in [0.1, 0.15) is 5.76 Å². The van der Waals surface area contributed by atoms with Crippen LogP contribution in [0.5, 0.6) is 0 Å². The topological polar surface area (TPSA) is 52.8 Å². The van der Waals surface area contributed by atoms with Crippen LogP contribution < -0.4 is 10.6 Å². The molecule has 114 valence electrons. The van der Waals surface area contributed by atoms with Crippen LogP contribution in [-0.4, -0.2) is 43.6 Å². The van der Waals surface area contributed by atoms with Gasteiger partial charge in [0, 0.05) is 19.6 Å². The van der Waals surface area contributed by atoms with Gasteiger partial charge < -0.3 is 15.1 Å². The monoisotopic (exact) mass is 280 g/mol. The van der Waals surface area contributed by atoms with Crippen molar-refractivity contribution in [1.82, 2.24) is 15.5 Å². The SMILES string of the molecule is CCN(CC)C(CNC(=NC)NC(C)C)c1ccco1. The van der Waals surface area contributed by atoms with Gasteiger partial charge in [0.15, 0.2) is 5.96 Å².